The number of para-hydroxylation sites is 2. The summed E-state index contributed by atoms with van der Waals surface area (Å²) < 4.78 is 11.1. The smallest absolute Gasteiger partial charge is 0.209 e. The van der Waals surface area contributed by atoms with Crippen LogP contribution in [0.15, 0.2) is 48.1 Å². The first-order valence-electron chi connectivity index (χ1n) is 11.7. The molecule has 0 aromatic heterocycles. The Morgan fingerprint density at radius 1 is 1.06 bits per heavy atom. The van der Waals surface area contributed by atoms with Gasteiger partial charge in [0.05, 0.1) is 13.7 Å². The molecule has 31 heavy (non-hydrogen) atoms. The number of carbonyl (C=O) groups excluding carboxylic acids is 1. The third-order valence-electron chi connectivity index (χ3n) is 6.88. The van der Waals surface area contributed by atoms with Crippen LogP contribution >= 0.6 is 0 Å². The number of benzene rings is 1. The van der Waals surface area contributed by atoms with Crippen molar-refractivity contribution in [3.8, 4) is 11.5 Å². The zero-order valence-corrected chi connectivity index (χ0v) is 19.2. The van der Waals surface area contributed by atoms with Crippen LogP contribution in [-0.2, 0) is 4.79 Å². The van der Waals surface area contributed by atoms with Gasteiger partial charge in [0.15, 0.2) is 11.5 Å². The Morgan fingerprint density at radius 2 is 1.74 bits per heavy atom. The van der Waals surface area contributed by atoms with E-state index in [1.165, 1.54) is 44.3 Å². The lowest BCUT2D eigenvalue weighted by molar-refractivity contribution is -0.120. The summed E-state index contributed by atoms with van der Waals surface area (Å²) in [4.78, 5) is 15.5. The summed E-state index contributed by atoms with van der Waals surface area (Å²) in [6.07, 6.45) is 14.5. The molecule has 0 atom stereocenters. The van der Waals surface area contributed by atoms with Crippen LogP contribution in [0.3, 0.4) is 0 Å². The van der Waals surface area contributed by atoms with Crippen molar-refractivity contribution < 1.29 is 14.3 Å². The highest BCUT2D eigenvalue weighted by Crippen LogP contribution is 2.41. The Balaban J connectivity index is 1.38. The topological polar surface area (TPSA) is 42.0 Å². The zero-order valence-electron chi connectivity index (χ0n) is 19.2. The fourth-order valence-electron chi connectivity index (χ4n) is 4.63. The number of carbonyl (C=O) groups is 1. The van der Waals surface area contributed by atoms with Crippen molar-refractivity contribution >= 4 is 6.41 Å². The van der Waals surface area contributed by atoms with E-state index in [1.54, 1.807) is 7.11 Å². The largest absolute Gasteiger partial charge is 0.493 e. The molecular weight excluding hydrogens is 388 g/mol. The highest BCUT2D eigenvalue weighted by Gasteiger charge is 2.37. The maximum Gasteiger partial charge on any atom is 0.209 e. The normalized spacial score (nSPS) is 19.7. The van der Waals surface area contributed by atoms with Gasteiger partial charge in [-0.2, -0.15) is 0 Å². The Kier molecular flexibility index (Phi) is 9.01. The molecule has 2 aliphatic heterocycles. The lowest BCUT2D eigenvalue weighted by Crippen LogP contribution is -2.46. The molecule has 2 saturated heterocycles. The average Bonchev–Trinajstić information content (AvgIpc) is 2.82. The van der Waals surface area contributed by atoms with Crippen LogP contribution in [0.5, 0.6) is 11.5 Å². The van der Waals surface area contributed by atoms with Gasteiger partial charge in [0.1, 0.15) is 0 Å². The van der Waals surface area contributed by atoms with Crippen molar-refractivity contribution in [1.82, 2.24) is 9.80 Å². The zero-order chi connectivity index (χ0) is 21.9. The molecule has 1 aromatic rings. The molecule has 2 heterocycles. The minimum Gasteiger partial charge on any atom is -0.493 e. The summed E-state index contributed by atoms with van der Waals surface area (Å²) in [6, 6.07) is 7.76. The molecule has 1 spiro atoms. The molecule has 1 amide bonds. The summed E-state index contributed by atoms with van der Waals surface area (Å²) in [7, 11) is 1.66. The molecule has 170 valence electrons. The summed E-state index contributed by atoms with van der Waals surface area (Å²) in [5.41, 5.74) is 1.96. The Bertz CT molecular complexity index is 741. The van der Waals surface area contributed by atoms with Gasteiger partial charge in [-0.05, 0) is 69.2 Å². The highest BCUT2D eigenvalue weighted by atomic mass is 16.5. The first kappa shape index (κ1) is 23.4. The summed E-state index contributed by atoms with van der Waals surface area (Å²) in [5.74, 6) is 1.57. The number of hydrogen-bond acceptors (Lipinski definition) is 4. The van der Waals surface area contributed by atoms with Gasteiger partial charge in [0.2, 0.25) is 6.41 Å². The minimum atomic E-state index is 0.480. The third-order valence-corrected chi connectivity index (χ3v) is 6.88. The van der Waals surface area contributed by atoms with Crippen molar-refractivity contribution in [3.05, 3.63) is 48.1 Å². The van der Waals surface area contributed by atoms with Crippen LogP contribution < -0.4 is 9.47 Å². The summed E-state index contributed by atoms with van der Waals surface area (Å²) in [5, 5.41) is 0. The molecule has 5 nitrogen and oxygen atoms in total. The van der Waals surface area contributed by atoms with E-state index in [0.29, 0.717) is 12.0 Å². The average molecular weight is 427 g/mol. The van der Waals surface area contributed by atoms with Gasteiger partial charge in [-0.3, -0.25) is 9.69 Å². The number of methoxy groups -OCH3 is 1. The van der Waals surface area contributed by atoms with Gasteiger partial charge in [-0.1, -0.05) is 42.9 Å². The second-order valence-electron chi connectivity index (χ2n) is 8.81. The molecule has 5 heteroatoms. The number of amides is 1. The van der Waals surface area contributed by atoms with Crippen molar-refractivity contribution in [2.45, 2.75) is 45.4 Å². The van der Waals surface area contributed by atoms with Gasteiger partial charge in [-0.15, -0.1) is 0 Å². The van der Waals surface area contributed by atoms with Gasteiger partial charge >= 0.3 is 0 Å². The maximum absolute atomic E-state index is 11.0. The Labute approximate surface area is 187 Å². The third kappa shape index (κ3) is 6.86. The molecule has 0 unspecified atom stereocenters. The highest BCUT2D eigenvalue weighted by molar-refractivity contribution is 5.47. The van der Waals surface area contributed by atoms with E-state index < -0.39 is 0 Å². The molecule has 0 radical (unpaired) electrons. The maximum atomic E-state index is 11.0. The van der Waals surface area contributed by atoms with E-state index >= 15 is 0 Å². The minimum absolute atomic E-state index is 0.480. The number of ether oxygens (including phenoxy) is 2. The molecule has 0 bridgehead atoms. The van der Waals surface area contributed by atoms with Crippen LogP contribution in [0, 0.1) is 5.41 Å². The molecule has 0 saturated carbocycles. The molecule has 2 fully saturated rings. The van der Waals surface area contributed by atoms with Gasteiger partial charge < -0.3 is 14.4 Å². The fraction of sp³-hybridized carbons (Fsp3) is 0.577. The van der Waals surface area contributed by atoms with E-state index in [1.807, 2.05) is 29.2 Å². The van der Waals surface area contributed by atoms with Crippen molar-refractivity contribution in [1.29, 1.82) is 0 Å². The van der Waals surface area contributed by atoms with Crippen LogP contribution in [0.25, 0.3) is 0 Å². The van der Waals surface area contributed by atoms with Crippen molar-refractivity contribution in [3.63, 3.8) is 0 Å². The Morgan fingerprint density at radius 3 is 2.39 bits per heavy atom. The summed E-state index contributed by atoms with van der Waals surface area (Å²) in [6.45, 7) is 8.18. The molecule has 1 aromatic carbocycles. The second-order valence-corrected chi connectivity index (χ2v) is 8.81. The quantitative estimate of drug-likeness (QED) is 0.309. The van der Waals surface area contributed by atoms with Crippen LogP contribution in [-0.4, -0.2) is 62.7 Å². The van der Waals surface area contributed by atoms with Crippen molar-refractivity contribution in [2.24, 2.45) is 5.41 Å². The predicted octanol–water partition coefficient (Wildman–Crippen LogP) is 4.69. The van der Waals surface area contributed by atoms with Crippen LogP contribution in [0.1, 0.15) is 45.4 Å². The standard InChI is InChI=1S/C26H38N2O3/c1-3-23(9-5-4-8-20-31-25-11-7-6-10-24(25)30-2)21-27-16-12-26(13-17-27)14-18-28(22-29)19-15-26/h4-7,9-11,22H,3,8,12-21H2,1-2H3/b5-4-,23-9+. The van der Waals surface area contributed by atoms with E-state index in [2.05, 4.69) is 30.1 Å². The molecule has 0 aliphatic carbocycles. The first-order valence-corrected chi connectivity index (χ1v) is 11.7. The van der Waals surface area contributed by atoms with E-state index in [9.17, 15) is 4.79 Å². The van der Waals surface area contributed by atoms with E-state index in [4.69, 9.17) is 9.47 Å². The monoisotopic (exact) mass is 426 g/mol. The van der Waals surface area contributed by atoms with Gasteiger partial charge in [0, 0.05) is 19.6 Å². The molecule has 0 N–H and O–H groups in total. The lowest BCUT2D eigenvalue weighted by atomic mass is 9.71. The van der Waals surface area contributed by atoms with Gasteiger partial charge in [-0.25, -0.2) is 0 Å². The molecule has 2 aliphatic rings. The Hall–Kier alpha value is -2.27. The number of rotatable bonds is 10. The summed E-state index contributed by atoms with van der Waals surface area (Å²) >= 11 is 0. The van der Waals surface area contributed by atoms with E-state index in [-0.39, 0.29) is 0 Å². The van der Waals surface area contributed by atoms with Crippen LogP contribution in [0.2, 0.25) is 0 Å². The fourth-order valence-corrected chi connectivity index (χ4v) is 4.63. The van der Waals surface area contributed by atoms with Crippen LogP contribution in [0.4, 0.5) is 0 Å². The number of hydrogen-bond donors (Lipinski definition) is 0. The molecule has 3 rings (SSSR count). The first-order chi connectivity index (χ1) is 15.2. The molecular formula is C26H38N2O3. The van der Waals surface area contributed by atoms with Crippen molar-refractivity contribution in [2.75, 3.05) is 46.4 Å². The number of allylic oxidation sites excluding steroid dienone is 2. The second kappa shape index (κ2) is 11.9. The number of piperidine rings is 2. The van der Waals surface area contributed by atoms with Gasteiger partial charge in [0.25, 0.3) is 0 Å². The predicted molar refractivity (Wildman–Crippen MR) is 126 cm³/mol. The number of nitrogens with zero attached hydrogens (tertiary/aromatic N) is 2. The number of likely N-dealkylation sites (tertiary alicyclic amines) is 2. The SMILES string of the molecule is CC/C(=C\C=C/CCOc1ccccc1OC)CN1CCC2(CCN(C=O)CC2)CC1. The lowest BCUT2D eigenvalue weighted by Gasteiger charge is -2.46. The van der Waals surface area contributed by atoms with E-state index in [0.717, 1.165) is 50.4 Å².